The van der Waals surface area contributed by atoms with Crippen LogP contribution in [0.2, 0.25) is 0 Å². The van der Waals surface area contributed by atoms with Crippen molar-refractivity contribution in [1.82, 2.24) is 0 Å². The maximum absolute atomic E-state index is 8.88. The van der Waals surface area contributed by atoms with Crippen LogP contribution < -0.4 is 0 Å². The summed E-state index contributed by atoms with van der Waals surface area (Å²) in [4.78, 5) is 21.6. The molecule has 0 heterocycles. The molecule has 8 heteroatoms. The summed E-state index contributed by atoms with van der Waals surface area (Å²) in [6, 6.07) is 0. The SMILES string of the molecule is O.O.O=P(O)(O)O.[Fe+3]. The molecule has 0 aliphatic heterocycles. The van der Waals surface area contributed by atoms with Gasteiger partial charge in [0.05, 0.1) is 0 Å². The Kier molecular flexibility index (Phi) is 22.2. The molecule has 0 spiro atoms. The Labute approximate surface area is 55.9 Å². The zero-order valence-electron chi connectivity index (χ0n) is 3.55. The standard InChI is InChI=1S/Fe.H3O4P.2H2O/c;1-5(2,3)4;;/h;(H3,1,2,3,4);2*1H2/q+3;;;. The van der Waals surface area contributed by atoms with E-state index in [2.05, 4.69) is 0 Å². The van der Waals surface area contributed by atoms with Crippen LogP contribution in [0.1, 0.15) is 0 Å². The quantitative estimate of drug-likeness (QED) is 0.284. The molecule has 0 bridgehead atoms. The first-order valence-electron chi connectivity index (χ1n) is 0.783. The second-order valence-corrected chi connectivity index (χ2v) is 1.54. The smallest absolute Gasteiger partial charge is 0.412 e. The fourth-order valence-corrected chi connectivity index (χ4v) is 0. The van der Waals surface area contributed by atoms with Crippen molar-refractivity contribution in [2.24, 2.45) is 0 Å². The van der Waals surface area contributed by atoms with Crippen LogP contribution in [0.5, 0.6) is 0 Å². The van der Waals surface area contributed by atoms with E-state index >= 15 is 0 Å². The van der Waals surface area contributed by atoms with Gasteiger partial charge in [-0.3, -0.25) is 0 Å². The van der Waals surface area contributed by atoms with Crippen molar-refractivity contribution in [2.45, 2.75) is 0 Å². The maximum Gasteiger partial charge on any atom is 3.00 e. The first-order valence-corrected chi connectivity index (χ1v) is 2.35. The third-order valence-electron chi connectivity index (χ3n) is 0. The van der Waals surface area contributed by atoms with Crippen LogP contribution in [0.25, 0.3) is 0 Å². The molecule has 0 aliphatic rings. The molecule has 0 aromatic carbocycles. The Morgan fingerprint density at radius 1 is 1.00 bits per heavy atom. The van der Waals surface area contributed by atoms with Gasteiger partial charge in [-0.1, -0.05) is 0 Å². The van der Waals surface area contributed by atoms with Crippen LogP contribution in [-0.4, -0.2) is 25.6 Å². The molecule has 1 radical (unpaired) electrons. The zero-order chi connectivity index (χ0) is 4.50. The maximum atomic E-state index is 8.88. The van der Waals surface area contributed by atoms with Gasteiger partial charge in [0.15, 0.2) is 0 Å². The number of hydrogen-bond acceptors (Lipinski definition) is 1. The average Bonchev–Trinajstić information content (AvgIpc) is 0.722. The molecule has 0 fully saturated rings. The van der Waals surface area contributed by atoms with Crippen LogP contribution in [0.4, 0.5) is 0 Å². The van der Waals surface area contributed by atoms with Gasteiger partial charge in [-0.25, -0.2) is 4.57 Å². The molecule has 0 unspecified atom stereocenters. The minimum Gasteiger partial charge on any atom is -0.412 e. The second kappa shape index (κ2) is 7.55. The fraction of sp³-hybridized carbons (Fsp3) is 0. The molecule has 0 saturated carbocycles. The summed E-state index contributed by atoms with van der Waals surface area (Å²) in [5.41, 5.74) is 0. The van der Waals surface area contributed by atoms with E-state index in [0.717, 1.165) is 0 Å². The minimum absolute atomic E-state index is 0. The van der Waals surface area contributed by atoms with Crippen LogP contribution in [0.3, 0.4) is 0 Å². The van der Waals surface area contributed by atoms with Gasteiger partial charge >= 0.3 is 24.9 Å². The Hall–Kier alpha value is 0.549. The van der Waals surface area contributed by atoms with Crippen molar-refractivity contribution in [3.8, 4) is 0 Å². The second-order valence-electron chi connectivity index (χ2n) is 0.513. The van der Waals surface area contributed by atoms with Gasteiger partial charge in [0, 0.05) is 0 Å². The van der Waals surface area contributed by atoms with Gasteiger partial charge < -0.3 is 25.6 Å². The van der Waals surface area contributed by atoms with E-state index < -0.39 is 7.82 Å². The predicted octanol–water partition coefficient (Wildman–Crippen LogP) is -2.58. The van der Waals surface area contributed by atoms with Gasteiger partial charge in [-0.05, 0) is 0 Å². The Morgan fingerprint density at radius 2 is 1.00 bits per heavy atom. The molecule has 6 nitrogen and oxygen atoms in total. The van der Waals surface area contributed by atoms with E-state index in [1.807, 2.05) is 0 Å². The van der Waals surface area contributed by atoms with Crippen molar-refractivity contribution >= 4 is 7.82 Å². The van der Waals surface area contributed by atoms with Gasteiger partial charge in [0.1, 0.15) is 0 Å². The summed E-state index contributed by atoms with van der Waals surface area (Å²) in [5.74, 6) is 0. The van der Waals surface area contributed by atoms with Crippen molar-refractivity contribution < 1.29 is 47.3 Å². The zero-order valence-corrected chi connectivity index (χ0v) is 5.55. The molecule has 0 aromatic heterocycles. The summed E-state index contributed by atoms with van der Waals surface area (Å²) < 4.78 is 8.88. The summed E-state index contributed by atoms with van der Waals surface area (Å²) in [7, 11) is -4.64. The molecule has 0 amide bonds. The molecule has 0 atom stereocenters. The molecule has 0 aromatic rings. The largest absolute Gasteiger partial charge is 3.00 e. The average molecular weight is 190 g/mol. The molecule has 0 aliphatic carbocycles. The van der Waals surface area contributed by atoms with E-state index in [1.54, 1.807) is 0 Å². The third-order valence-corrected chi connectivity index (χ3v) is 0. The molecule has 8 heavy (non-hydrogen) atoms. The van der Waals surface area contributed by atoms with E-state index in [-0.39, 0.29) is 28.0 Å². The van der Waals surface area contributed by atoms with Crippen LogP contribution in [0, 0.1) is 0 Å². The summed E-state index contributed by atoms with van der Waals surface area (Å²) in [6.45, 7) is 0. The normalized spacial score (nSPS) is 7.38. The summed E-state index contributed by atoms with van der Waals surface area (Å²) in [5, 5.41) is 0. The van der Waals surface area contributed by atoms with Crippen molar-refractivity contribution in [1.29, 1.82) is 0 Å². The monoisotopic (exact) mass is 190 g/mol. The Morgan fingerprint density at radius 3 is 1.00 bits per heavy atom. The summed E-state index contributed by atoms with van der Waals surface area (Å²) in [6.07, 6.45) is 0. The molecule has 53 valence electrons. The molecular weight excluding hydrogens is 183 g/mol. The molecule has 7 N–H and O–H groups in total. The van der Waals surface area contributed by atoms with Crippen molar-refractivity contribution in [3.63, 3.8) is 0 Å². The first kappa shape index (κ1) is 23.5. The van der Waals surface area contributed by atoms with Crippen LogP contribution in [0.15, 0.2) is 0 Å². The predicted molar refractivity (Wildman–Crippen MR) is 21.5 cm³/mol. The number of rotatable bonds is 0. The Balaban J connectivity index is -0.0000000267. The molecule has 0 saturated heterocycles. The van der Waals surface area contributed by atoms with E-state index in [9.17, 15) is 0 Å². The van der Waals surface area contributed by atoms with Crippen LogP contribution >= 0.6 is 7.82 Å². The summed E-state index contributed by atoms with van der Waals surface area (Å²) >= 11 is 0. The third kappa shape index (κ3) is 668. The first-order chi connectivity index (χ1) is 2.00. The minimum atomic E-state index is -4.64. The van der Waals surface area contributed by atoms with E-state index in [1.165, 1.54) is 0 Å². The molecule has 0 rings (SSSR count). The number of hydrogen-bond donors (Lipinski definition) is 3. The van der Waals surface area contributed by atoms with Gasteiger partial charge in [0.2, 0.25) is 0 Å². The number of phosphoric acid groups is 1. The van der Waals surface area contributed by atoms with E-state index in [4.69, 9.17) is 19.2 Å². The Bertz CT molecular complexity index is 54.7. The fourth-order valence-electron chi connectivity index (χ4n) is 0. The van der Waals surface area contributed by atoms with Gasteiger partial charge in [-0.15, -0.1) is 0 Å². The van der Waals surface area contributed by atoms with Gasteiger partial charge in [0.25, 0.3) is 0 Å². The topological polar surface area (TPSA) is 141 Å². The van der Waals surface area contributed by atoms with Crippen molar-refractivity contribution in [3.05, 3.63) is 0 Å². The van der Waals surface area contributed by atoms with E-state index in [0.29, 0.717) is 0 Å². The van der Waals surface area contributed by atoms with Gasteiger partial charge in [-0.2, -0.15) is 0 Å². The van der Waals surface area contributed by atoms with Crippen LogP contribution in [-0.2, 0) is 21.6 Å². The van der Waals surface area contributed by atoms with Crippen molar-refractivity contribution in [2.75, 3.05) is 0 Å². The molecular formula is H7FeO6P+3.